The number of sulfonamides is 1. The van der Waals surface area contributed by atoms with Crippen molar-refractivity contribution < 1.29 is 8.42 Å². The Morgan fingerprint density at radius 1 is 1.11 bits per heavy atom. The highest BCUT2D eigenvalue weighted by molar-refractivity contribution is 7.88. The molecule has 0 spiro atoms. The zero-order valence-electron chi connectivity index (χ0n) is 10.0. The Balaban J connectivity index is 2.59. The van der Waals surface area contributed by atoms with Crippen molar-refractivity contribution in [3.05, 3.63) is 33.8 Å². The molecule has 0 bridgehead atoms. The molecular formula is C11H16Cl2N2O2S. The molecule has 0 aliphatic heterocycles. The average molecular weight is 311 g/mol. The Bertz CT molecular complexity index is 472. The lowest BCUT2D eigenvalue weighted by atomic mass is 10.2. The molecule has 0 aliphatic carbocycles. The van der Waals surface area contributed by atoms with Gasteiger partial charge in [-0.2, -0.15) is 0 Å². The van der Waals surface area contributed by atoms with Crippen molar-refractivity contribution in [3.63, 3.8) is 0 Å². The number of benzene rings is 1. The van der Waals surface area contributed by atoms with Crippen molar-refractivity contribution in [2.24, 2.45) is 0 Å². The van der Waals surface area contributed by atoms with E-state index in [4.69, 9.17) is 23.2 Å². The molecule has 0 radical (unpaired) electrons. The van der Waals surface area contributed by atoms with Gasteiger partial charge in [-0.1, -0.05) is 23.2 Å². The maximum absolute atomic E-state index is 11.8. The van der Waals surface area contributed by atoms with Crippen molar-refractivity contribution in [1.82, 2.24) is 10.0 Å². The van der Waals surface area contributed by atoms with E-state index in [0.29, 0.717) is 22.2 Å². The van der Waals surface area contributed by atoms with Gasteiger partial charge in [0.1, 0.15) is 0 Å². The molecule has 0 heterocycles. The van der Waals surface area contributed by atoms with Crippen LogP contribution >= 0.6 is 23.2 Å². The number of halogens is 2. The van der Waals surface area contributed by atoms with E-state index in [1.807, 2.05) is 7.05 Å². The summed E-state index contributed by atoms with van der Waals surface area (Å²) in [5.41, 5.74) is 0.577. The van der Waals surface area contributed by atoms with Gasteiger partial charge < -0.3 is 5.32 Å². The van der Waals surface area contributed by atoms with Gasteiger partial charge in [0, 0.05) is 16.6 Å². The van der Waals surface area contributed by atoms with Crippen LogP contribution in [0.4, 0.5) is 0 Å². The van der Waals surface area contributed by atoms with Crippen molar-refractivity contribution in [2.45, 2.75) is 12.2 Å². The zero-order chi connectivity index (χ0) is 13.6. The van der Waals surface area contributed by atoms with E-state index in [9.17, 15) is 8.42 Å². The van der Waals surface area contributed by atoms with E-state index in [0.717, 1.165) is 13.0 Å². The lowest BCUT2D eigenvalue weighted by Gasteiger charge is -2.07. The predicted octanol–water partition coefficient (Wildman–Crippen LogP) is 2.02. The number of rotatable bonds is 7. The second-order valence-electron chi connectivity index (χ2n) is 3.89. The molecule has 0 unspecified atom stereocenters. The van der Waals surface area contributed by atoms with Crippen LogP contribution in [0.3, 0.4) is 0 Å². The number of nitrogens with one attached hydrogen (secondary N) is 2. The predicted molar refractivity (Wildman–Crippen MR) is 75.6 cm³/mol. The van der Waals surface area contributed by atoms with Crippen LogP contribution in [-0.2, 0) is 15.8 Å². The second kappa shape index (κ2) is 7.31. The molecule has 0 saturated heterocycles. The van der Waals surface area contributed by atoms with Crippen molar-refractivity contribution in [2.75, 3.05) is 20.1 Å². The lowest BCUT2D eigenvalue weighted by Crippen LogP contribution is -2.27. The fraction of sp³-hybridized carbons (Fsp3) is 0.455. The number of hydrogen-bond donors (Lipinski definition) is 2. The van der Waals surface area contributed by atoms with Crippen LogP contribution < -0.4 is 10.0 Å². The Labute approximate surface area is 118 Å². The molecule has 1 aromatic carbocycles. The minimum atomic E-state index is -3.34. The molecule has 1 rings (SSSR count). The smallest absolute Gasteiger partial charge is 0.215 e. The Kier molecular flexibility index (Phi) is 6.38. The maximum atomic E-state index is 11.8. The summed E-state index contributed by atoms with van der Waals surface area (Å²) >= 11 is 11.6. The van der Waals surface area contributed by atoms with E-state index in [1.165, 1.54) is 0 Å². The molecule has 102 valence electrons. The van der Waals surface area contributed by atoms with E-state index < -0.39 is 10.0 Å². The highest BCUT2D eigenvalue weighted by Gasteiger charge is 2.11. The molecule has 0 aromatic heterocycles. The maximum Gasteiger partial charge on any atom is 0.215 e. The zero-order valence-corrected chi connectivity index (χ0v) is 12.4. The SMILES string of the molecule is CNCCCNS(=O)(=O)Cc1cc(Cl)cc(Cl)c1. The van der Waals surface area contributed by atoms with Gasteiger partial charge in [0.2, 0.25) is 10.0 Å². The first-order chi connectivity index (χ1) is 8.43. The molecule has 0 atom stereocenters. The third-order valence-electron chi connectivity index (χ3n) is 2.20. The van der Waals surface area contributed by atoms with Gasteiger partial charge >= 0.3 is 0 Å². The van der Waals surface area contributed by atoms with Crippen LogP contribution in [0.2, 0.25) is 10.0 Å². The minimum absolute atomic E-state index is 0.118. The van der Waals surface area contributed by atoms with Gasteiger partial charge in [-0.3, -0.25) is 0 Å². The van der Waals surface area contributed by atoms with E-state index in [2.05, 4.69) is 10.0 Å². The fourth-order valence-corrected chi connectivity index (χ4v) is 3.19. The van der Waals surface area contributed by atoms with E-state index in [1.54, 1.807) is 18.2 Å². The largest absolute Gasteiger partial charge is 0.320 e. The fourth-order valence-electron chi connectivity index (χ4n) is 1.46. The summed E-state index contributed by atoms with van der Waals surface area (Å²) in [6.45, 7) is 1.18. The molecule has 0 fully saturated rings. The third-order valence-corrected chi connectivity index (χ3v) is 4.00. The summed E-state index contributed by atoms with van der Waals surface area (Å²) in [5, 5.41) is 3.82. The summed E-state index contributed by atoms with van der Waals surface area (Å²) < 4.78 is 26.1. The van der Waals surface area contributed by atoms with E-state index >= 15 is 0 Å². The van der Waals surface area contributed by atoms with Crippen LogP contribution in [0.25, 0.3) is 0 Å². The van der Waals surface area contributed by atoms with Gasteiger partial charge in [-0.25, -0.2) is 13.1 Å². The van der Waals surface area contributed by atoms with Crippen LogP contribution in [0, 0.1) is 0 Å². The first-order valence-corrected chi connectivity index (χ1v) is 7.91. The van der Waals surface area contributed by atoms with Gasteiger partial charge in [-0.15, -0.1) is 0 Å². The van der Waals surface area contributed by atoms with Crippen LogP contribution in [-0.4, -0.2) is 28.6 Å². The standard InChI is InChI=1S/C11H16Cl2N2O2S/c1-14-3-2-4-15-18(16,17)8-9-5-10(12)7-11(13)6-9/h5-7,14-15H,2-4,8H2,1H3. The highest BCUT2D eigenvalue weighted by atomic mass is 35.5. The summed E-state index contributed by atoms with van der Waals surface area (Å²) in [5.74, 6) is -0.118. The highest BCUT2D eigenvalue weighted by Crippen LogP contribution is 2.20. The summed E-state index contributed by atoms with van der Waals surface area (Å²) in [6, 6.07) is 4.76. The normalized spacial score (nSPS) is 11.7. The van der Waals surface area contributed by atoms with Crippen LogP contribution in [0.15, 0.2) is 18.2 Å². The molecule has 0 aliphatic rings. The third kappa shape index (κ3) is 6.02. The summed E-state index contributed by atoms with van der Waals surface area (Å²) in [4.78, 5) is 0. The monoisotopic (exact) mass is 310 g/mol. The molecule has 0 amide bonds. The average Bonchev–Trinajstić information content (AvgIpc) is 2.22. The lowest BCUT2D eigenvalue weighted by molar-refractivity contribution is 0.576. The quantitative estimate of drug-likeness (QED) is 0.758. The first-order valence-electron chi connectivity index (χ1n) is 5.50. The van der Waals surface area contributed by atoms with Gasteiger partial charge in [0.15, 0.2) is 0 Å². The van der Waals surface area contributed by atoms with Crippen LogP contribution in [0.1, 0.15) is 12.0 Å². The van der Waals surface area contributed by atoms with Gasteiger partial charge in [0.25, 0.3) is 0 Å². The Morgan fingerprint density at radius 2 is 1.72 bits per heavy atom. The Morgan fingerprint density at radius 3 is 2.28 bits per heavy atom. The summed E-state index contributed by atoms with van der Waals surface area (Å²) in [6.07, 6.45) is 0.742. The molecule has 1 aromatic rings. The molecule has 0 saturated carbocycles. The molecule has 4 nitrogen and oxygen atoms in total. The summed E-state index contributed by atoms with van der Waals surface area (Å²) in [7, 11) is -1.52. The van der Waals surface area contributed by atoms with Crippen molar-refractivity contribution >= 4 is 33.2 Å². The van der Waals surface area contributed by atoms with Gasteiger partial charge in [0.05, 0.1) is 5.75 Å². The Hall–Kier alpha value is -0.330. The van der Waals surface area contributed by atoms with Crippen molar-refractivity contribution in [1.29, 1.82) is 0 Å². The number of hydrogen-bond acceptors (Lipinski definition) is 3. The second-order valence-corrected chi connectivity index (χ2v) is 6.57. The van der Waals surface area contributed by atoms with Crippen molar-refractivity contribution in [3.8, 4) is 0 Å². The topological polar surface area (TPSA) is 58.2 Å². The molecule has 18 heavy (non-hydrogen) atoms. The molecule has 7 heteroatoms. The molecule has 2 N–H and O–H groups in total. The van der Waals surface area contributed by atoms with Gasteiger partial charge in [-0.05, 0) is 43.8 Å². The first kappa shape index (κ1) is 15.7. The molecular weight excluding hydrogens is 295 g/mol. The van der Waals surface area contributed by atoms with Crippen LogP contribution in [0.5, 0.6) is 0 Å². The van der Waals surface area contributed by atoms with E-state index in [-0.39, 0.29) is 5.75 Å². The minimum Gasteiger partial charge on any atom is -0.320 e.